The molecule has 2 aromatic heterocycles. The van der Waals surface area contributed by atoms with Gasteiger partial charge in [0.15, 0.2) is 11.5 Å². The Hall–Kier alpha value is -0.940. The number of halogens is 1. The Morgan fingerprint density at radius 3 is 3.13 bits per heavy atom. The Labute approximate surface area is 96.6 Å². The van der Waals surface area contributed by atoms with Crippen LogP contribution in [-0.4, -0.2) is 21.1 Å². The monoisotopic (exact) mass is 268 g/mol. The topological polar surface area (TPSA) is 56.2 Å². The summed E-state index contributed by atoms with van der Waals surface area (Å²) in [5.74, 6) is 1.17. The minimum atomic E-state index is 0.314. The first kappa shape index (κ1) is 10.6. The van der Waals surface area contributed by atoms with E-state index in [1.165, 1.54) is 0 Å². The van der Waals surface area contributed by atoms with E-state index < -0.39 is 0 Å². The highest BCUT2D eigenvalue weighted by atomic mass is 79.9. The maximum Gasteiger partial charge on any atom is 0.156 e. The molecule has 4 nitrogen and oxygen atoms in total. The molecular weight excluding hydrogens is 256 g/mol. The van der Waals surface area contributed by atoms with E-state index in [0.717, 1.165) is 22.4 Å². The molecule has 15 heavy (non-hydrogen) atoms. The van der Waals surface area contributed by atoms with Crippen LogP contribution in [0.2, 0.25) is 0 Å². The molecular formula is C10H13BrN4. The van der Waals surface area contributed by atoms with Crippen LogP contribution < -0.4 is 5.73 Å². The van der Waals surface area contributed by atoms with Crippen molar-refractivity contribution in [3.8, 4) is 0 Å². The average Bonchev–Trinajstić information content (AvgIpc) is 2.60. The van der Waals surface area contributed by atoms with Crippen molar-refractivity contribution >= 4 is 21.6 Å². The van der Waals surface area contributed by atoms with Gasteiger partial charge < -0.3 is 5.73 Å². The van der Waals surface area contributed by atoms with Crippen molar-refractivity contribution in [3.05, 3.63) is 28.6 Å². The van der Waals surface area contributed by atoms with Crippen LogP contribution >= 0.6 is 15.9 Å². The van der Waals surface area contributed by atoms with Crippen LogP contribution in [-0.2, 0) is 0 Å². The SMILES string of the molecule is CC(CCN)c1nc2cc(Br)ccn2n1. The second-order valence-electron chi connectivity index (χ2n) is 3.60. The lowest BCUT2D eigenvalue weighted by Crippen LogP contribution is -2.05. The quantitative estimate of drug-likeness (QED) is 0.926. The predicted molar refractivity (Wildman–Crippen MR) is 62.8 cm³/mol. The third-order valence-corrected chi connectivity index (χ3v) is 2.85. The van der Waals surface area contributed by atoms with Crippen LogP contribution in [0.25, 0.3) is 5.65 Å². The van der Waals surface area contributed by atoms with E-state index in [0.29, 0.717) is 12.5 Å². The number of nitrogens with two attached hydrogens (primary N) is 1. The molecule has 2 N–H and O–H groups in total. The lowest BCUT2D eigenvalue weighted by Gasteiger charge is -2.02. The summed E-state index contributed by atoms with van der Waals surface area (Å²) in [5, 5.41) is 4.40. The van der Waals surface area contributed by atoms with Gasteiger partial charge in [0.2, 0.25) is 0 Å². The van der Waals surface area contributed by atoms with Crippen molar-refractivity contribution in [2.75, 3.05) is 6.54 Å². The number of aromatic nitrogens is 3. The molecule has 0 saturated heterocycles. The third kappa shape index (κ3) is 2.18. The summed E-state index contributed by atoms with van der Waals surface area (Å²) in [6.45, 7) is 2.76. The van der Waals surface area contributed by atoms with E-state index in [1.807, 2.05) is 18.3 Å². The maximum absolute atomic E-state index is 5.52. The van der Waals surface area contributed by atoms with Gasteiger partial charge in [0, 0.05) is 16.6 Å². The molecule has 0 fully saturated rings. The van der Waals surface area contributed by atoms with Crippen molar-refractivity contribution in [1.82, 2.24) is 14.6 Å². The molecule has 0 aliphatic rings. The first-order valence-corrected chi connectivity index (χ1v) is 5.72. The fourth-order valence-corrected chi connectivity index (χ4v) is 1.78. The molecule has 1 atom stereocenters. The zero-order valence-corrected chi connectivity index (χ0v) is 10.1. The van der Waals surface area contributed by atoms with Crippen molar-refractivity contribution < 1.29 is 0 Å². The lowest BCUT2D eigenvalue weighted by molar-refractivity contribution is 0.646. The highest BCUT2D eigenvalue weighted by Crippen LogP contribution is 2.17. The molecule has 2 aromatic rings. The summed E-state index contributed by atoms with van der Waals surface area (Å²) in [7, 11) is 0. The van der Waals surface area contributed by atoms with E-state index in [4.69, 9.17) is 5.73 Å². The number of fused-ring (bicyclic) bond motifs is 1. The normalized spacial score (nSPS) is 13.3. The van der Waals surface area contributed by atoms with Crippen LogP contribution in [0.1, 0.15) is 25.1 Å². The molecule has 0 radical (unpaired) electrons. The lowest BCUT2D eigenvalue weighted by atomic mass is 10.1. The fourth-order valence-electron chi connectivity index (χ4n) is 1.46. The molecule has 0 amide bonds. The number of hydrogen-bond acceptors (Lipinski definition) is 3. The van der Waals surface area contributed by atoms with Gasteiger partial charge in [-0.1, -0.05) is 22.9 Å². The standard InChI is InChI=1S/C10H13BrN4/c1-7(2-4-12)10-13-9-6-8(11)3-5-15(9)14-10/h3,5-7H,2,4,12H2,1H3. The van der Waals surface area contributed by atoms with E-state index in [1.54, 1.807) is 4.52 Å². The summed E-state index contributed by atoms with van der Waals surface area (Å²) < 4.78 is 2.80. The second kappa shape index (κ2) is 4.28. The molecule has 2 heterocycles. The van der Waals surface area contributed by atoms with Crippen LogP contribution in [0.3, 0.4) is 0 Å². The summed E-state index contributed by atoms with van der Waals surface area (Å²) in [6.07, 6.45) is 2.81. The predicted octanol–water partition coefficient (Wildman–Crippen LogP) is 1.94. The van der Waals surface area contributed by atoms with Gasteiger partial charge in [-0.2, -0.15) is 5.10 Å². The number of pyridine rings is 1. The van der Waals surface area contributed by atoms with Gasteiger partial charge in [-0.15, -0.1) is 0 Å². The van der Waals surface area contributed by atoms with E-state index >= 15 is 0 Å². The molecule has 0 aliphatic heterocycles. The first-order chi connectivity index (χ1) is 7.20. The van der Waals surface area contributed by atoms with Gasteiger partial charge in [-0.3, -0.25) is 0 Å². The Morgan fingerprint density at radius 1 is 1.60 bits per heavy atom. The van der Waals surface area contributed by atoms with E-state index in [-0.39, 0.29) is 0 Å². The summed E-state index contributed by atoms with van der Waals surface area (Å²) in [6, 6.07) is 3.89. The van der Waals surface area contributed by atoms with Gasteiger partial charge in [-0.25, -0.2) is 9.50 Å². The molecule has 0 aliphatic carbocycles. The number of rotatable bonds is 3. The minimum Gasteiger partial charge on any atom is -0.330 e. The Balaban J connectivity index is 2.38. The van der Waals surface area contributed by atoms with Gasteiger partial charge in [0.05, 0.1) is 0 Å². The zero-order chi connectivity index (χ0) is 10.8. The molecule has 0 aromatic carbocycles. The van der Waals surface area contributed by atoms with Gasteiger partial charge >= 0.3 is 0 Å². The van der Waals surface area contributed by atoms with Crippen molar-refractivity contribution in [1.29, 1.82) is 0 Å². The summed E-state index contributed by atoms with van der Waals surface area (Å²) in [4.78, 5) is 4.46. The Bertz CT molecular complexity index is 465. The van der Waals surface area contributed by atoms with Crippen molar-refractivity contribution in [2.24, 2.45) is 5.73 Å². The van der Waals surface area contributed by atoms with Gasteiger partial charge in [-0.05, 0) is 25.1 Å². The minimum absolute atomic E-state index is 0.314. The highest BCUT2D eigenvalue weighted by Gasteiger charge is 2.11. The van der Waals surface area contributed by atoms with E-state index in [2.05, 4.69) is 32.9 Å². The van der Waals surface area contributed by atoms with E-state index in [9.17, 15) is 0 Å². The van der Waals surface area contributed by atoms with Crippen LogP contribution in [0.15, 0.2) is 22.8 Å². The van der Waals surface area contributed by atoms with Gasteiger partial charge in [0.1, 0.15) is 0 Å². The largest absolute Gasteiger partial charge is 0.330 e. The molecule has 0 saturated carbocycles. The molecule has 80 valence electrons. The van der Waals surface area contributed by atoms with Crippen LogP contribution in [0, 0.1) is 0 Å². The number of nitrogens with zero attached hydrogens (tertiary/aromatic N) is 3. The Kier molecular flexibility index (Phi) is 3.02. The Morgan fingerprint density at radius 2 is 2.40 bits per heavy atom. The maximum atomic E-state index is 5.52. The van der Waals surface area contributed by atoms with Crippen LogP contribution in [0.4, 0.5) is 0 Å². The molecule has 5 heteroatoms. The van der Waals surface area contributed by atoms with Crippen LogP contribution in [0.5, 0.6) is 0 Å². The molecule has 0 spiro atoms. The molecule has 1 unspecified atom stereocenters. The third-order valence-electron chi connectivity index (χ3n) is 2.36. The van der Waals surface area contributed by atoms with Gasteiger partial charge in [0.25, 0.3) is 0 Å². The highest BCUT2D eigenvalue weighted by molar-refractivity contribution is 9.10. The smallest absolute Gasteiger partial charge is 0.156 e. The summed E-state index contributed by atoms with van der Waals surface area (Å²) >= 11 is 3.41. The molecule has 2 rings (SSSR count). The number of hydrogen-bond donors (Lipinski definition) is 1. The average molecular weight is 269 g/mol. The fraction of sp³-hybridized carbons (Fsp3) is 0.400. The summed E-state index contributed by atoms with van der Waals surface area (Å²) in [5.41, 5.74) is 6.38. The second-order valence-corrected chi connectivity index (χ2v) is 4.51. The van der Waals surface area contributed by atoms with Crippen molar-refractivity contribution in [2.45, 2.75) is 19.3 Å². The van der Waals surface area contributed by atoms with Crippen molar-refractivity contribution in [3.63, 3.8) is 0 Å². The first-order valence-electron chi connectivity index (χ1n) is 4.92. The zero-order valence-electron chi connectivity index (χ0n) is 8.52. The molecule has 0 bridgehead atoms.